The molecule has 0 bridgehead atoms. The van der Waals surface area contributed by atoms with Gasteiger partial charge >= 0.3 is 0 Å². The van der Waals surface area contributed by atoms with E-state index >= 15 is 0 Å². The van der Waals surface area contributed by atoms with E-state index in [-0.39, 0.29) is 7.43 Å². The first kappa shape index (κ1) is 13.5. The fourth-order valence-electron chi connectivity index (χ4n) is 0.740. The maximum atomic E-state index is 3.62. The monoisotopic (exact) mass is 164 g/mol. The van der Waals surface area contributed by atoms with Crippen LogP contribution in [0.2, 0.25) is 0 Å². The zero-order valence-electron chi connectivity index (χ0n) is 7.59. The molecule has 0 atom stereocenters. The highest BCUT2D eigenvalue weighted by molar-refractivity contribution is 5.35. The van der Waals surface area contributed by atoms with Gasteiger partial charge in [0.15, 0.2) is 0 Å². The van der Waals surface area contributed by atoms with E-state index in [1.54, 1.807) is 6.08 Å². The highest BCUT2D eigenvalue weighted by Gasteiger charge is 1.86. The second kappa shape index (κ2) is 8.06. The molecule has 0 radical (unpaired) electrons. The second-order valence-electron chi connectivity index (χ2n) is 2.55. The van der Waals surface area contributed by atoms with Crippen molar-refractivity contribution >= 4 is 0 Å². The quantitative estimate of drug-likeness (QED) is 0.546. The van der Waals surface area contributed by atoms with Crippen LogP contribution < -0.4 is 0 Å². The van der Waals surface area contributed by atoms with E-state index in [1.165, 1.54) is 11.1 Å². The standard InChI is InChI=1S/C11H16.CH4/c1-5-7-9-11(8-6-2)10(3)4;/h5-9H,1H2,2-4H3;1H4/b8-6-,9-7-;. The molecule has 0 spiro atoms. The van der Waals surface area contributed by atoms with Gasteiger partial charge in [-0.05, 0) is 26.3 Å². The molecule has 0 saturated carbocycles. The molecule has 0 heterocycles. The topological polar surface area (TPSA) is 0 Å². The molecular weight excluding hydrogens is 144 g/mol. The number of rotatable bonds is 3. The van der Waals surface area contributed by atoms with Crippen LogP contribution >= 0.6 is 0 Å². The van der Waals surface area contributed by atoms with Gasteiger partial charge in [-0.2, -0.15) is 0 Å². The van der Waals surface area contributed by atoms with Crippen LogP contribution in [-0.2, 0) is 0 Å². The van der Waals surface area contributed by atoms with Crippen LogP contribution in [0.5, 0.6) is 0 Å². The number of hydrogen-bond acceptors (Lipinski definition) is 0. The van der Waals surface area contributed by atoms with Crippen molar-refractivity contribution in [2.75, 3.05) is 0 Å². The van der Waals surface area contributed by atoms with Gasteiger partial charge in [0.25, 0.3) is 0 Å². The minimum atomic E-state index is 0. The van der Waals surface area contributed by atoms with Gasteiger partial charge in [-0.3, -0.25) is 0 Å². The Bertz CT molecular complexity index is 198. The molecule has 68 valence electrons. The van der Waals surface area contributed by atoms with Crippen molar-refractivity contribution in [3.63, 3.8) is 0 Å². The van der Waals surface area contributed by atoms with E-state index in [0.29, 0.717) is 0 Å². The van der Waals surface area contributed by atoms with Crippen molar-refractivity contribution in [1.82, 2.24) is 0 Å². The van der Waals surface area contributed by atoms with Crippen molar-refractivity contribution in [3.8, 4) is 0 Å². The van der Waals surface area contributed by atoms with Crippen LogP contribution in [0, 0.1) is 0 Å². The maximum Gasteiger partial charge on any atom is -0.0274 e. The molecule has 0 aliphatic carbocycles. The summed E-state index contributed by atoms with van der Waals surface area (Å²) in [5.74, 6) is 0. The third kappa shape index (κ3) is 5.72. The van der Waals surface area contributed by atoms with Gasteiger partial charge in [0.1, 0.15) is 0 Å². The summed E-state index contributed by atoms with van der Waals surface area (Å²) >= 11 is 0. The SMILES string of the molecule is C.C=C/C=C\C(/C=C\C)=C(C)C. The molecule has 0 heteroatoms. The van der Waals surface area contributed by atoms with Gasteiger partial charge in [-0.25, -0.2) is 0 Å². The average molecular weight is 164 g/mol. The van der Waals surface area contributed by atoms with Crippen molar-refractivity contribution in [1.29, 1.82) is 0 Å². The maximum absolute atomic E-state index is 3.62. The van der Waals surface area contributed by atoms with E-state index in [4.69, 9.17) is 0 Å². The molecule has 0 aliphatic heterocycles. The Morgan fingerprint density at radius 3 is 2.08 bits per heavy atom. The van der Waals surface area contributed by atoms with Crippen molar-refractivity contribution in [2.45, 2.75) is 28.2 Å². The molecule has 0 rings (SSSR count). The summed E-state index contributed by atoms with van der Waals surface area (Å²) in [7, 11) is 0. The fraction of sp³-hybridized carbons (Fsp3) is 0.333. The second-order valence-corrected chi connectivity index (χ2v) is 2.55. The lowest BCUT2D eigenvalue weighted by Gasteiger charge is -1.95. The predicted molar refractivity (Wildman–Crippen MR) is 59.3 cm³/mol. The van der Waals surface area contributed by atoms with E-state index in [2.05, 4.69) is 32.6 Å². The van der Waals surface area contributed by atoms with Gasteiger partial charge in [-0.15, -0.1) is 0 Å². The first-order valence-corrected chi connectivity index (χ1v) is 3.81. The summed E-state index contributed by atoms with van der Waals surface area (Å²) < 4.78 is 0. The molecule has 0 fully saturated rings. The molecule has 0 amide bonds. The third-order valence-electron chi connectivity index (χ3n) is 1.34. The Morgan fingerprint density at radius 2 is 1.75 bits per heavy atom. The van der Waals surface area contributed by atoms with Gasteiger partial charge < -0.3 is 0 Å². The van der Waals surface area contributed by atoms with Crippen LogP contribution in [0.3, 0.4) is 0 Å². The molecule has 0 nitrogen and oxygen atoms in total. The van der Waals surface area contributed by atoms with E-state index in [0.717, 1.165) is 0 Å². The highest BCUT2D eigenvalue weighted by atomic mass is 13.9. The lowest BCUT2D eigenvalue weighted by Crippen LogP contribution is -1.75. The minimum Gasteiger partial charge on any atom is -0.0991 e. The predicted octanol–water partition coefficient (Wildman–Crippen LogP) is 4.28. The minimum absolute atomic E-state index is 0. The van der Waals surface area contributed by atoms with Gasteiger partial charge in [0, 0.05) is 0 Å². The van der Waals surface area contributed by atoms with Crippen molar-refractivity contribution in [2.24, 2.45) is 0 Å². The zero-order valence-corrected chi connectivity index (χ0v) is 7.59. The Morgan fingerprint density at radius 1 is 1.17 bits per heavy atom. The molecule has 0 aliphatic rings. The van der Waals surface area contributed by atoms with E-state index in [9.17, 15) is 0 Å². The summed E-state index contributed by atoms with van der Waals surface area (Å²) in [6.07, 6.45) is 9.92. The molecular formula is C12H20. The lowest BCUT2D eigenvalue weighted by atomic mass is 10.1. The summed E-state index contributed by atoms with van der Waals surface area (Å²) in [6.45, 7) is 9.84. The molecule has 0 saturated heterocycles. The zero-order chi connectivity index (χ0) is 8.69. The van der Waals surface area contributed by atoms with Crippen molar-refractivity contribution < 1.29 is 0 Å². The largest absolute Gasteiger partial charge is 0.0991 e. The molecule has 0 aromatic carbocycles. The van der Waals surface area contributed by atoms with E-state index in [1.807, 2.05) is 19.1 Å². The van der Waals surface area contributed by atoms with Crippen molar-refractivity contribution in [3.05, 3.63) is 48.1 Å². The summed E-state index contributed by atoms with van der Waals surface area (Å²) in [5.41, 5.74) is 2.58. The Labute approximate surface area is 77.0 Å². The summed E-state index contributed by atoms with van der Waals surface area (Å²) in [5, 5.41) is 0. The van der Waals surface area contributed by atoms with Gasteiger partial charge in [-0.1, -0.05) is 50.0 Å². The molecule has 0 aromatic rings. The Balaban J connectivity index is 0. The Kier molecular flexibility index (Phi) is 9.10. The highest BCUT2D eigenvalue weighted by Crippen LogP contribution is 2.06. The number of allylic oxidation sites excluding steroid dienone is 7. The summed E-state index contributed by atoms with van der Waals surface area (Å²) in [6, 6.07) is 0. The van der Waals surface area contributed by atoms with E-state index < -0.39 is 0 Å². The number of hydrogen-bond donors (Lipinski definition) is 0. The Hall–Kier alpha value is -1.04. The molecule has 0 aromatic heterocycles. The van der Waals surface area contributed by atoms with Crippen LogP contribution in [0.15, 0.2) is 48.1 Å². The lowest BCUT2D eigenvalue weighted by molar-refractivity contribution is 1.34. The third-order valence-corrected chi connectivity index (χ3v) is 1.34. The fourth-order valence-corrected chi connectivity index (χ4v) is 0.740. The van der Waals surface area contributed by atoms with Crippen LogP contribution in [-0.4, -0.2) is 0 Å². The normalized spacial score (nSPS) is 9.92. The average Bonchev–Trinajstić information content (AvgIpc) is 1.97. The summed E-state index contributed by atoms with van der Waals surface area (Å²) in [4.78, 5) is 0. The van der Waals surface area contributed by atoms with Gasteiger partial charge in [0.05, 0.1) is 0 Å². The van der Waals surface area contributed by atoms with Crippen LogP contribution in [0.1, 0.15) is 28.2 Å². The molecule has 0 N–H and O–H groups in total. The molecule has 12 heavy (non-hydrogen) atoms. The van der Waals surface area contributed by atoms with Gasteiger partial charge in [0.2, 0.25) is 0 Å². The first-order valence-electron chi connectivity index (χ1n) is 3.81. The van der Waals surface area contributed by atoms with Crippen LogP contribution in [0.4, 0.5) is 0 Å². The van der Waals surface area contributed by atoms with Crippen LogP contribution in [0.25, 0.3) is 0 Å². The first-order chi connectivity index (χ1) is 5.22. The molecule has 0 unspecified atom stereocenters. The smallest absolute Gasteiger partial charge is 0.0274 e.